The second kappa shape index (κ2) is 4.05. The lowest BCUT2D eigenvalue weighted by Crippen LogP contribution is -2.01. The molecule has 0 saturated carbocycles. The normalized spacial score (nSPS) is 15.3. The van der Waals surface area contributed by atoms with E-state index >= 15 is 0 Å². The molecule has 1 rings (SSSR count). The fourth-order valence-corrected chi connectivity index (χ4v) is 2.05. The van der Waals surface area contributed by atoms with Crippen molar-refractivity contribution in [2.45, 2.75) is 13.1 Å². The lowest BCUT2D eigenvalue weighted by atomic mass is 10.1. The molecule has 4 heteroatoms. The molecule has 0 heterocycles. The number of aryl methyl sites for hydroxylation is 1. The molecule has 0 aliphatic carbocycles. The highest BCUT2D eigenvalue weighted by atomic mass is 31.2. The molecule has 0 fully saturated rings. The summed E-state index contributed by atoms with van der Waals surface area (Å²) in [5, 5.41) is 0. The van der Waals surface area contributed by atoms with Gasteiger partial charge in [-0.1, -0.05) is 24.3 Å². The van der Waals surface area contributed by atoms with E-state index in [-0.39, 0.29) is 0 Å². The van der Waals surface area contributed by atoms with Crippen molar-refractivity contribution >= 4 is 7.52 Å². The lowest BCUT2D eigenvalue weighted by molar-refractivity contribution is 0.393. The average molecular weight is 199 g/mol. The van der Waals surface area contributed by atoms with Crippen LogP contribution in [-0.2, 0) is 15.3 Å². The van der Waals surface area contributed by atoms with E-state index < -0.39 is 7.52 Å². The van der Waals surface area contributed by atoms with Gasteiger partial charge in [0.1, 0.15) is 0 Å². The second-order valence-corrected chi connectivity index (χ2v) is 5.13. The molecule has 1 atom stereocenters. The Morgan fingerprint density at radius 2 is 2.08 bits per heavy atom. The van der Waals surface area contributed by atoms with E-state index in [1.54, 1.807) is 0 Å². The Kier molecular flexibility index (Phi) is 3.26. The molecule has 0 radical (unpaired) electrons. The Hall–Kier alpha value is -0.630. The molecule has 2 N–H and O–H groups in total. The van der Waals surface area contributed by atoms with Crippen LogP contribution in [0, 0.1) is 6.92 Å². The summed E-state index contributed by atoms with van der Waals surface area (Å²) in [6.45, 7) is 1.96. The Morgan fingerprint density at radius 1 is 1.46 bits per heavy atom. The van der Waals surface area contributed by atoms with Gasteiger partial charge in [0, 0.05) is 7.11 Å². The zero-order chi connectivity index (χ0) is 9.90. The van der Waals surface area contributed by atoms with Gasteiger partial charge in [0.25, 0.3) is 7.52 Å². The highest BCUT2D eigenvalue weighted by molar-refractivity contribution is 7.55. The zero-order valence-electron chi connectivity index (χ0n) is 7.86. The number of benzene rings is 1. The summed E-state index contributed by atoms with van der Waals surface area (Å²) < 4.78 is 16.2. The SMILES string of the molecule is COP(N)(=O)Cc1ccccc1C. The van der Waals surface area contributed by atoms with E-state index in [9.17, 15) is 4.57 Å². The Balaban J connectivity index is 2.86. The molecule has 72 valence electrons. The van der Waals surface area contributed by atoms with Crippen LogP contribution in [0.25, 0.3) is 0 Å². The van der Waals surface area contributed by atoms with Crippen LogP contribution in [0.1, 0.15) is 11.1 Å². The number of hydrogen-bond donors (Lipinski definition) is 1. The van der Waals surface area contributed by atoms with Crippen LogP contribution in [-0.4, -0.2) is 7.11 Å². The van der Waals surface area contributed by atoms with Crippen LogP contribution < -0.4 is 5.50 Å². The Morgan fingerprint density at radius 3 is 2.62 bits per heavy atom. The minimum absolute atomic E-state index is 0.302. The molecular weight excluding hydrogens is 185 g/mol. The van der Waals surface area contributed by atoms with Gasteiger partial charge in [-0.15, -0.1) is 0 Å². The van der Waals surface area contributed by atoms with Crippen LogP contribution in [0.3, 0.4) is 0 Å². The van der Waals surface area contributed by atoms with Gasteiger partial charge >= 0.3 is 0 Å². The van der Waals surface area contributed by atoms with Crippen molar-refractivity contribution in [3.05, 3.63) is 35.4 Å². The number of rotatable bonds is 3. The van der Waals surface area contributed by atoms with Crippen molar-refractivity contribution < 1.29 is 9.09 Å². The molecule has 1 aromatic rings. The van der Waals surface area contributed by atoms with E-state index in [2.05, 4.69) is 0 Å². The molecule has 0 aliphatic heterocycles. The maximum atomic E-state index is 11.5. The molecule has 1 unspecified atom stereocenters. The molecule has 0 bridgehead atoms. The highest BCUT2D eigenvalue weighted by Gasteiger charge is 2.16. The van der Waals surface area contributed by atoms with E-state index in [1.165, 1.54) is 7.11 Å². The standard InChI is InChI=1S/C9H14NO2P/c1-8-5-3-4-6-9(8)7-13(10,11)12-2/h3-6H,7H2,1-2H3,(H2,10,11). The van der Waals surface area contributed by atoms with Gasteiger partial charge in [-0.05, 0) is 18.1 Å². The predicted octanol–water partition coefficient (Wildman–Crippen LogP) is 2.29. The molecule has 0 saturated heterocycles. The van der Waals surface area contributed by atoms with Gasteiger partial charge in [-0.3, -0.25) is 10.1 Å². The molecule has 1 aromatic carbocycles. The minimum atomic E-state index is -2.92. The fourth-order valence-electron chi connectivity index (χ4n) is 1.09. The summed E-state index contributed by atoms with van der Waals surface area (Å²) in [6, 6.07) is 7.71. The molecule has 13 heavy (non-hydrogen) atoms. The van der Waals surface area contributed by atoms with Crippen LogP contribution in [0.15, 0.2) is 24.3 Å². The largest absolute Gasteiger partial charge is 0.321 e. The third-order valence-electron chi connectivity index (χ3n) is 1.96. The van der Waals surface area contributed by atoms with E-state index in [0.29, 0.717) is 6.16 Å². The summed E-state index contributed by atoms with van der Waals surface area (Å²) >= 11 is 0. The third kappa shape index (κ3) is 2.96. The average Bonchev–Trinajstić information content (AvgIpc) is 2.09. The monoisotopic (exact) mass is 199 g/mol. The molecule has 3 nitrogen and oxygen atoms in total. The highest BCUT2D eigenvalue weighted by Crippen LogP contribution is 2.41. The van der Waals surface area contributed by atoms with Crippen molar-refractivity contribution in [3.8, 4) is 0 Å². The summed E-state index contributed by atoms with van der Waals surface area (Å²) in [6.07, 6.45) is 0.302. The molecule has 0 amide bonds. The van der Waals surface area contributed by atoms with E-state index in [0.717, 1.165) is 11.1 Å². The first kappa shape index (κ1) is 10.5. The smallest absolute Gasteiger partial charge is 0.271 e. The Bertz CT molecular complexity index is 338. The number of nitrogens with two attached hydrogens (primary N) is 1. The predicted molar refractivity (Wildman–Crippen MR) is 53.7 cm³/mol. The van der Waals surface area contributed by atoms with Gasteiger partial charge in [0.15, 0.2) is 0 Å². The maximum Gasteiger partial charge on any atom is 0.271 e. The van der Waals surface area contributed by atoms with Crippen LogP contribution in [0.4, 0.5) is 0 Å². The number of hydrogen-bond acceptors (Lipinski definition) is 2. The van der Waals surface area contributed by atoms with Crippen LogP contribution >= 0.6 is 7.52 Å². The molecule has 0 aromatic heterocycles. The van der Waals surface area contributed by atoms with E-state index in [4.69, 9.17) is 10.0 Å². The van der Waals surface area contributed by atoms with Crippen molar-refractivity contribution in [2.24, 2.45) is 5.50 Å². The summed E-state index contributed by atoms with van der Waals surface area (Å²) in [5.41, 5.74) is 7.52. The summed E-state index contributed by atoms with van der Waals surface area (Å²) in [5.74, 6) is 0. The first-order valence-corrected chi connectivity index (χ1v) is 5.91. The molecule has 0 spiro atoms. The van der Waals surface area contributed by atoms with Crippen LogP contribution in [0.5, 0.6) is 0 Å². The van der Waals surface area contributed by atoms with Crippen molar-refractivity contribution in [1.82, 2.24) is 0 Å². The topological polar surface area (TPSA) is 52.3 Å². The third-order valence-corrected chi connectivity index (χ3v) is 3.36. The van der Waals surface area contributed by atoms with Gasteiger partial charge in [-0.25, -0.2) is 0 Å². The summed E-state index contributed by atoms with van der Waals surface area (Å²) in [7, 11) is -1.55. The lowest BCUT2D eigenvalue weighted by Gasteiger charge is -2.11. The second-order valence-electron chi connectivity index (χ2n) is 2.99. The van der Waals surface area contributed by atoms with Gasteiger partial charge < -0.3 is 4.52 Å². The summed E-state index contributed by atoms with van der Waals surface area (Å²) in [4.78, 5) is 0. The van der Waals surface area contributed by atoms with Crippen LogP contribution in [0.2, 0.25) is 0 Å². The van der Waals surface area contributed by atoms with Crippen molar-refractivity contribution in [3.63, 3.8) is 0 Å². The van der Waals surface area contributed by atoms with Crippen molar-refractivity contribution in [2.75, 3.05) is 7.11 Å². The Labute approximate surface area is 78.4 Å². The van der Waals surface area contributed by atoms with Crippen molar-refractivity contribution in [1.29, 1.82) is 0 Å². The first-order chi connectivity index (χ1) is 6.05. The zero-order valence-corrected chi connectivity index (χ0v) is 8.75. The first-order valence-electron chi connectivity index (χ1n) is 4.03. The fraction of sp³-hybridized carbons (Fsp3) is 0.333. The van der Waals surface area contributed by atoms with Gasteiger partial charge in [0.05, 0.1) is 6.16 Å². The molecular formula is C9H14NO2P. The minimum Gasteiger partial charge on any atom is -0.321 e. The maximum absolute atomic E-state index is 11.5. The molecule has 0 aliphatic rings. The van der Waals surface area contributed by atoms with Gasteiger partial charge in [-0.2, -0.15) is 0 Å². The quantitative estimate of drug-likeness (QED) is 0.760. The van der Waals surface area contributed by atoms with Gasteiger partial charge in [0.2, 0.25) is 0 Å². The van der Waals surface area contributed by atoms with E-state index in [1.807, 2.05) is 31.2 Å².